The fourth-order valence-electron chi connectivity index (χ4n) is 7.34. The predicted molar refractivity (Wildman–Crippen MR) is 99.6 cm³/mol. The number of carbonyl (C=O) groups is 2. The van der Waals surface area contributed by atoms with Gasteiger partial charge in [0.1, 0.15) is 12.2 Å². The highest BCUT2D eigenvalue weighted by Gasteiger charge is 2.68. The molecule has 3 N–H and O–H groups in total. The van der Waals surface area contributed by atoms with Crippen molar-refractivity contribution in [3.05, 3.63) is 23.8 Å². The van der Waals surface area contributed by atoms with Gasteiger partial charge in [-0.3, -0.25) is 9.59 Å². The van der Waals surface area contributed by atoms with Gasteiger partial charge in [-0.05, 0) is 55.6 Å². The monoisotopic (exact) mass is 374 g/mol. The van der Waals surface area contributed by atoms with E-state index in [9.17, 15) is 24.9 Å². The van der Waals surface area contributed by atoms with Crippen LogP contribution in [-0.2, 0) is 9.59 Å². The van der Waals surface area contributed by atoms with Gasteiger partial charge in [0.05, 0.1) is 6.10 Å². The van der Waals surface area contributed by atoms with Gasteiger partial charge in [0.15, 0.2) is 11.6 Å². The van der Waals surface area contributed by atoms with E-state index in [1.165, 1.54) is 0 Å². The first-order valence-corrected chi connectivity index (χ1v) is 10.1. The summed E-state index contributed by atoms with van der Waals surface area (Å²) in [5, 5.41) is 31.9. The number of hydrogen-bond donors (Lipinski definition) is 3. The molecule has 0 aromatic rings. The smallest absolute Gasteiger partial charge is 0.190 e. The van der Waals surface area contributed by atoms with Gasteiger partial charge in [-0.1, -0.05) is 32.4 Å². The molecule has 0 aromatic heterocycles. The molecule has 3 saturated carbocycles. The van der Waals surface area contributed by atoms with Crippen LogP contribution in [0.3, 0.4) is 0 Å². The molecule has 0 bridgehead atoms. The number of fused-ring (bicyclic) bond motifs is 5. The second-order valence-electron chi connectivity index (χ2n) is 9.72. The molecule has 0 aromatic carbocycles. The Bertz CT molecular complexity index is 754. The topological polar surface area (TPSA) is 94.8 Å². The second-order valence-corrected chi connectivity index (χ2v) is 9.72. The van der Waals surface area contributed by atoms with Gasteiger partial charge in [-0.2, -0.15) is 0 Å². The summed E-state index contributed by atoms with van der Waals surface area (Å²) in [6, 6.07) is 0. The lowest BCUT2D eigenvalue weighted by Gasteiger charge is -2.60. The van der Waals surface area contributed by atoms with Gasteiger partial charge in [0.2, 0.25) is 0 Å². The number of ketones is 2. The van der Waals surface area contributed by atoms with E-state index in [1.54, 1.807) is 12.2 Å². The van der Waals surface area contributed by atoms with Crippen LogP contribution in [0.1, 0.15) is 46.5 Å². The first kappa shape index (κ1) is 19.0. The van der Waals surface area contributed by atoms with Crippen molar-refractivity contribution in [3.63, 3.8) is 0 Å². The zero-order chi connectivity index (χ0) is 19.8. The van der Waals surface area contributed by atoms with Crippen LogP contribution in [0.15, 0.2) is 23.8 Å². The Morgan fingerprint density at radius 3 is 2.70 bits per heavy atom. The van der Waals surface area contributed by atoms with Crippen molar-refractivity contribution in [2.75, 3.05) is 6.61 Å². The summed E-state index contributed by atoms with van der Waals surface area (Å²) in [5.41, 5.74) is -1.59. The molecular weight excluding hydrogens is 344 g/mol. The summed E-state index contributed by atoms with van der Waals surface area (Å²) in [7, 11) is 0. The number of aliphatic hydroxyl groups is 3. The molecule has 27 heavy (non-hydrogen) atoms. The predicted octanol–water partition coefficient (Wildman–Crippen LogP) is 1.80. The Hall–Kier alpha value is -1.30. The van der Waals surface area contributed by atoms with Gasteiger partial charge in [0, 0.05) is 16.7 Å². The molecule has 4 rings (SSSR count). The van der Waals surface area contributed by atoms with Crippen LogP contribution in [0, 0.1) is 34.5 Å². The third-order valence-corrected chi connectivity index (χ3v) is 8.57. The van der Waals surface area contributed by atoms with Crippen molar-refractivity contribution in [2.45, 2.75) is 58.2 Å². The van der Waals surface area contributed by atoms with E-state index in [1.807, 2.05) is 13.0 Å². The molecule has 0 amide bonds. The third-order valence-electron chi connectivity index (χ3n) is 8.57. The van der Waals surface area contributed by atoms with E-state index in [4.69, 9.17) is 0 Å². The summed E-state index contributed by atoms with van der Waals surface area (Å²) in [5.74, 6) is -0.0768. The highest BCUT2D eigenvalue weighted by Crippen LogP contribution is 2.67. The van der Waals surface area contributed by atoms with E-state index in [0.717, 1.165) is 18.4 Å². The fraction of sp³-hybridized carbons (Fsp3) is 0.727. The van der Waals surface area contributed by atoms with Crippen LogP contribution < -0.4 is 0 Å². The lowest BCUT2D eigenvalue weighted by molar-refractivity contribution is -0.180. The molecule has 8 atom stereocenters. The first-order valence-electron chi connectivity index (χ1n) is 10.1. The van der Waals surface area contributed by atoms with Gasteiger partial charge >= 0.3 is 0 Å². The van der Waals surface area contributed by atoms with Crippen LogP contribution in [0.5, 0.6) is 0 Å². The number of aliphatic hydroxyl groups excluding tert-OH is 2. The first-order chi connectivity index (χ1) is 12.6. The van der Waals surface area contributed by atoms with Gasteiger partial charge in [-0.15, -0.1) is 0 Å². The molecule has 0 unspecified atom stereocenters. The minimum atomic E-state index is -1.57. The van der Waals surface area contributed by atoms with E-state index in [-0.39, 0.29) is 34.9 Å². The second kappa shape index (κ2) is 5.85. The van der Waals surface area contributed by atoms with Crippen molar-refractivity contribution in [3.8, 4) is 0 Å². The molecule has 5 nitrogen and oxygen atoms in total. The third kappa shape index (κ3) is 2.28. The molecule has 0 aliphatic heterocycles. The lowest BCUT2D eigenvalue weighted by Crippen LogP contribution is -2.62. The standard InChI is InChI=1S/C22H30O5/c1-12-8-14-15-5-7-22(27,18(26)11-23)21(15,3)10-17(25)19(14)20(2)6-4-13(24)9-16(12)20/h4,6,9,12,14-15,17,19,23,25,27H,5,7-8,10-11H2,1-3H3/t12-,14+,15+,17+,19-,20+,21+,22+/m1/s1. The van der Waals surface area contributed by atoms with E-state index in [2.05, 4.69) is 13.8 Å². The van der Waals surface area contributed by atoms with Crippen molar-refractivity contribution in [1.29, 1.82) is 0 Å². The highest BCUT2D eigenvalue weighted by atomic mass is 16.3. The molecule has 4 aliphatic rings. The van der Waals surface area contributed by atoms with Crippen LogP contribution in [0.25, 0.3) is 0 Å². The van der Waals surface area contributed by atoms with E-state index >= 15 is 0 Å². The van der Waals surface area contributed by atoms with E-state index in [0.29, 0.717) is 12.8 Å². The van der Waals surface area contributed by atoms with E-state index < -0.39 is 29.5 Å². The zero-order valence-corrected chi connectivity index (χ0v) is 16.3. The van der Waals surface area contributed by atoms with Crippen LogP contribution >= 0.6 is 0 Å². The Kier molecular flexibility index (Phi) is 4.12. The average molecular weight is 374 g/mol. The summed E-state index contributed by atoms with van der Waals surface area (Å²) >= 11 is 0. The number of carbonyl (C=O) groups excluding carboxylic acids is 2. The Labute approximate surface area is 160 Å². The molecular formula is C22H30O5. The molecule has 0 saturated heterocycles. The fourth-order valence-corrected chi connectivity index (χ4v) is 7.34. The minimum Gasteiger partial charge on any atom is -0.393 e. The normalized spacial score (nSPS) is 51.3. The highest BCUT2D eigenvalue weighted by molar-refractivity contribution is 6.01. The number of hydrogen-bond acceptors (Lipinski definition) is 5. The summed E-state index contributed by atoms with van der Waals surface area (Å²) in [6.07, 6.45) is 6.87. The van der Waals surface area contributed by atoms with Crippen LogP contribution in [0.4, 0.5) is 0 Å². The summed E-state index contributed by atoms with van der Waals surface area (Å²) < 4.78 is 0. The van der Waals surface area contributed by atoms with Gasteiger partial charge < -0.3 is 15.3 Å². The molecule has 5 heteroatoms. The number of allylic oxidation sites excluding steroid dienone is 4. The maximum Gasteiger partial charge on any atom is 0.190 e. The Morgan fingerprint density at radius 1 is 1.33 bits per heavy atom. The lowest BCUT2D eigenvalue weighted by atomic mass is 9.45. The quantitative estimate of drug-likeness (QED) is 0.685. The average Bonchev–Trinajstić information content (AvgIpc) is 2.87. The van der Waals surface area contributed by atoms with Crippen molar-refractivity contribution >= 4 is 11.6 Å². The Morgan fingerprint density at radius 2 is 2.04 bits per heavy atom. The molecule has 4 aliphatic carbocycles. The number of Topliss-reactive ketones (excluding diaryl/α,β-unsaturated/α-hetero) is 1. The minimum absolute atomic E-state index is 0.00620. The Balaban J connectivity index is 1.78. The zero-order valence-electron chi connectivity index (χ0n) is 16.3. The van der Waals surface area contributed by atoms with Gasteiger partial charge in [0.25, 0.3) is 0 Å². The van der Waals surface area contributed by atoms with Gasteiger partial charge in [-0.25, -0.2) is 0 Å². The molecule has 0 radical (unpaired) electrons. The largest absolute Gasteiger partial charge is 0.393 e. The molecule has 148 valence electrons. The van der Waals surface area contributed by atoms with Crippen LogP contribution in [-0.4, -0.2) is 45.2 Å². The summed E-state index contributed by atoms with van der Waals surface area (Å²) in [4.78, 5) is 24.4. The molecule has 0 heterocycles. The van der Waals surface area contributed by atoms with Crippen molar-refractivity contribution in [1.82, 2.24) is 0 Å². The maximum absolute atomic E-state index is 12.4. The summed E-state index contributed by atoms with van der Waals surface area (Å²) in [6.45, 7) is 5.48. The maximum atomic E-state index is 12.4. The number of rotatable bonds is 2. The molecule has 3 fully saturated rings. The molecule has 0 spiro atoms. The van der Waals surface area contributed by atoms with Crippen molar-refractivity contribution in [2.24, 2.45) is 34.5 Å². The SMILES string of the molecule is C[C@@H]1C[C@@H]2[C@H]([C@@H](O)C[C@@]3(C)[C@H]2CC[C@]3(O)C(=O)CO)[C@@]2(C)C=CC(=O)C=C12. The van der Waals surface area contributed by atoms with Crippen LogP contribution in [0.2, 0.25) is 0 Å². The van der Waals surface area contributed by atoms with Crippen molar-refractivity contribution < 1.29 is 24.9 Å².